The van der Waals surface area contributed by atoms with Crippen molar-refractivity contribution < 1.29 is 14.4 Å². The van der Waals surface area contributed by atoms with Crippen LogP contribution in [0.3, 0.4) is 0 Å². The van der Waals surface area contributed by atoms with E-state index in [0.29, 0.717) is 13.1 Å². The monoisotopic (exact) mass is 485 g/mol. The lowest BCUT2D eigenvalue weighted by Gasteiger charge is -2.44. The van der Waals surface area contributed by atoms with E-state index >= 15 is 0 Å². The molecule has 1 aromatic heterocycles. The van der Waals surface area contributed by atoms with E-state index in [9.17, 15) is 14.4 Å². The molecular weight excluding hydrogens is 454 g/mol. The summed E-state index contributed by atoms with van der Waals surface area (Å²) in [6.07, 6.45) is 4.13. The topological polar surface area (TPSA) is 96.3 Å². The molecule has 1 aliphatic carbocycles. The molecule has 2 heterocycles. The maximum atomic E-state index is 13.7. The molecule has 1 atom stereocenters. The number of aryl methyl sites for hydroxylation is 1. The molecule has 0 bridgehead atoms. The van der Waals surface area contributed by atoms with E-state index in [1.165, 1.54) is 11.9 Å². The van der Waals surface area contributed by atoms with Crippen molar-refractivity contribution >= 4 is 17.7 Å². The predicted octanol–water partition coefficient (Wildman–Crippen LogP) is 3.07. The van der Waals surface area contributed by atoms with Gasteiger partial charge in [0.05, 0.1) is 12.9 Å². The van der Waals surface area contributed by atoms with E-state index in [4.69, 9.17) is 0 Å². The van der Waals surface area contributed by atoms with Gasteiger partial charge in [-0.2, -0.15) is 0 Å². The second-order valence-electron chi connectivity index (χ2n) is 9.77. The first kappa shape index (κ1) is 23.8. The molecule has 2 N–H and O–H groups in total. The van der Waals surface area contributed by atoms with Gasteiger partial charge >= 0.3 is 0 Å². The SMILES string of the molecule is CCc1ccc(CNC(=O)c2ncn3c2C(=O)N(C2CC2)C(C)(C(=O)NCc2ccccc2)C3)cc1. The third-order valence-corrected chi connectivity index (χ3v) is 7.07. The highest BCUT2D eigenvalue weighted by atomic mass is 16.2. The standard InChI is InChI=1S/C28H31N5O3/c1-3-19-9-11-21(12-10-19)15-29-25(34)23-24-26(35)33(22-13-14-22)28(2,17-32(24)18-31-23)27(36)30-16-20-7-5-4-6-8-20/h4-12,18,22H,3,13-17H2,1-2H3,(H,29,34)(H,30,36). The molecule has 186 valence electrons. The molecule has 2 aromatic carbocycles. The van der Waals surface area contributed by atoms with Crippen molar-refractivity contribution in [3.05, 3.63) is 89.0 Å². The summed E-state index contributed by atoms with van der Waals surface area (Å²) in [4.78, 5) is 46.1. The number of hydrogen-bond donors (Lipinski definition) is 2. The molecule has 3 amide bonds. The third kappa shape index (κ3) is 4.51. The van der Waals surface area contributed by atoms with E-state index in [1.807, 2.05) is 54.6 Å². The van der Waals surface area contributed by atoms with Crippen molar-refractivity contribution in [3.8, 4) is 0 Å². The van der Waals surface area contributed by atoms with Gasteiger partial charge in [0.25, 0.3) is 11.8 Å². The summed E-state index contributed by atoms with van der Waals surface area (Å²) in [7, 11) is 0. The zero-order valence-electron chi connectivity index (χ0n) is 20.7. The van der Waals surface area contributed by atoms with Crippen LogP contribution in [0.2, 0.25) is 0 Å². The van der Waals surface area contributed by atoms with Gasteiger partial charge in [-0.25, -0.2) is 4.98 Å². The van der Waals surface area contributed by atoms with Gasteiger partial charge in [0.2, 0.25) is 5.91 Å². The average Bonchev–Trinajstić information content (AvgIpc) is 3.64. The second-order valence-corrected chi connectivity index (χ2v) is 9.77. The van der Waals surface area contributed by atoms with Crippen molar-refractivity contribution in [1.82, 2.24) is 25.1 Å². The maximum Gasteiger partial charge on any atom is 0.274 e. The highest BCUT2D eigenvalue weighted by Crippen LogP contribution is 2.38. The van der Waals surface area contributed by atoms with Gasteiger partial charge < -0.3 is 20.1 Å². The van der Waals surface area contributed by atoms with Crippen LogP contribution in [0.4, 0.5) is 0 Å². The van der Waals surface area contributed by atoms with E-state index < -0.39 is 11.4 Å². The molecular formula is C28H31N5O3. The fraction of sp³-hybridized carbons (Fsp3) is 0.357. The van der Waals surface area contributed by atoms with Gasteiger partial charge in [0, 0.05) is 19.1 Å². The van der Waals surface area contributed by atoms with Gasteiger partial charge in [-0.3, -0.25) is 14.4 Å². The van der Waals surface area contributed by atoms with Gasteiger partial charge in [-0.1, -0.05) is 61.5 Å². The number of imidazole rings is 1. The molecule has 36 heavy (non-hydrogen) atoms. The van der Waals surface area contributed by atoms with Crippen LogP contribution in [-0.4, -0.2) is 43.8 Å². The number of hydrogen-bond acceptors (Lipinski definition) is 4. The number of benzene rings is 2. The van der Waals surface area contributed by atoms with Crippen LogP contribution in [0.15, 0.2) is 60.9 Å². The number of fused-ring (bicyclic) bond motifs is 1. The number of nitrogens with one attached hydrogen (secondary N) is 2. The quantitative estimate of drug-likeness (QED) is 0.513. The molecule has 1 aliphatic heterocycles. The molecule has 8 heteroatoms. The summed E-state index contributed by atoms with van der Waals surface area (Å²) in [5, 5.41) is 5.89. The largest absolute Gasteiger partial charge is 0.350 e. The van der Waals surface area contributed by atoms with E-state index in [1.54, 1.807) is 16.4 Å². The Morgan fingerprint density at radius 2 is 1.61 bits per heavy atom. The molecule has 2 aliphatic rings. The Kier molecular flexibility index (Phi) is 6.35. The van der Waals surface area contributed by atoms with Crippen molar-refractivity contribution in [1.29, 1.82) is 0 Å². The second kappa shape index (κ2) is 9.60. The summed E-state index contributed by atoms with van der Waals surface area (Å²) in [5.41, 5.74) is 2.46. The van der Waals surface area contributed by atoms with Crippen molar-refractivity contribution in [2.24, 2.45) is 0 Å². The molecule has 0 spiro atoms. The summed E-state index contributed by atoms with van der Waals surface area (Å²) in [5.74, 6) is -0.937. The molecule has 1 fully saturated rings. The molecule has 1 unspecified atom stereocenters. The summed E-state index contributed by atoms with van der Waals surface area (Å²) >= 11 is 0. The number of amides is 3. The maximum absolute atomic E-state index is 13.7. The number of carbonyl (C=O) groups excluding carboxylic acids is 3. The highest BCUT2D eigenvalue weighted by molar-refractivity contribution is 6.07. The fourth-order valence-electron chi connectivity index (χ4n) is 4.85. The van der Waals surface area contributed by atoms with Crippen LogP contribution in [0.25, 0.3) is 0 Å². The van der Waals surface area contributed by atoms with E-state index in [0.717, 1.165) is 30.4 Å². The van der Waals surface area contributed by atoms with Crippen molar-refractivity contribution in [2.45, 2.75) is 64.3 Å². The number of rotatable bonds is 8. The summed E-state index contributed by atoms with van der Waals surface area (Å²) in [6, 6.07) is 17.7. The summed E-state index contributed by atoms with van der Waals surface area (Å²) in [6.45, 7) is 4.86. The predicted molar refractivity (Wildman–Crippen MR) is 135 cm³/mol. The minimum absolute atomic E-state index is 0.0124. The van der Waals surface area contributed by atoms with Crippen molar-refractivity contribution in [2.75, 3.05) is 0 Å². The minimum atomic E-state index is -1.07. The van der Waals surface area contributed by atoms with E-state index in [-0.39, 0.29) is 35.8 Å². The smallest absolute Gasteiger partial charge is 0.274 e. The zero-order chi connectivity index (χ0) is 25.3. The minimum Gasteiger partial charge on any atom is -0.350 e. The normalized spacial score (nSPS) is 19.1. The first-order chi connectivity index (χ1) is 17.4. The van der Waals surface area contributed by atoms with Crippen molar-refractivity contribution in [3.63, 3.8) is 0 Å². The van der Waals surface area contributed by atoms with Crippen LogP contribution in [0.1, 0.15) is 64.4 Å². The zero-order valence-corrected chi connectivity index (χ0v) is 20.7. The molecule has 8 nitrogen and oxygen atoms in total. The van der Waals surface area contributed by atoms with Crippen LogP contribution in [0, 0.1) is 0 Å². The van der Waals surface area contributed by atoms with Crippen LogP contribution >= 0.6 is 0 Å². The Morgan fingerprint density at radius 3 is 2.28 bits per heavy atom. The molecule has 3 aromatic rings. The highest BCUT2D eigenvalue weighted by Gasteiger charge is 2.53. The molecule has 5 rings (SSSR count). The molecule has 1 saturated carbocycles. The first-order valence-electron chi connectivity index (χ1n) is 12.5. The van der Waals surface area contributed by atoms with Gasteiger partial charge in [-0.15, -0.1) is 0 Å². The Labute approximate surface area is 210 Å². The van der Waals surface area contributed by atoms with Gasteiger partial charge in [-0.05, 0) is 42.9 Å². The lowest BCUT2D eigenvalue weighted by Crippen LogP contribution is -2.64. The Bertz CT molecular complexity index is 1280. The first-order valence-corrected chi connectivity index (χ1v) is 12.5. The third-order valence-electron chi connectivity index (χ3n) is 7.07. The van der Waals surface area contributed by atoms with Gasteiger partial charge in [0.15, 0.2) is 5.69 Å². The summed E-state index contributed by atoms with van der Waals surface area (Å²) < 4.78 is 1.65. The molecule has 0 radical (unpaired) electrons. The lowest BCUT2D eigenvalue weighted by atomic mass is 9.93. The van der Waals surface area contributed by atoms with Crippen LogP contribution in [-0.2, 0) is 30.8 Å². The Morgan fingerprint density at radius 1 is 0.972 bits per heavy atom. The lowest BCUT2D eigenvalue weighted by molar-refractivity contribution is -0.133. The average molecular weight is 486 g/mol. The molecule has 0 saturated heterocycles. The van der Waals surface area contributed by atoms with E-state index in [2.05, 4.69) is 22.5 Å². The Balaban J connectivity index is 1.34. The number of nitrogens with zero attached hydrogens (tertiary/aromatic N) is 3. The van der Waals surface area contributed by atoms with Gasteiger partial charge in [0.1, 0.15) is 11.2 Å². The number of carbonyl (C=O) groups is 3. The fourth-order valence-corrected chi connectivity index (χ4v) is 4.85. The number of aromatic nitrogens is 2. The van der Waals surface area contributed by atoms with Crippen LogP contribution in [0.5, 0.6) is 0 Å². The Hall–Kier alpha value is -3.94. The van der Waals surface area contributed by atoms with Crippen LogP contribution < -0.4 is 10.6 Å².